The summed E-state index contributed by atoms with van der Waals surface area (Å²) in [7, 11) is 0. The zero-order chi connectivity index (χ0) is 10.7. The lowest BCUT2D eigenvalue weighted by Gasteiger charge is -2.35. The Morgan fingerprint density at radius 3 is 3.20 bits per heavy atom. The van der Waals surface area contributed by atoms with Gasteiger partial charge in [-0.1, -0.05) is 19.0 Å². The Bertz CT molecular complexity index is 298. The molecule has 0 aliphatic carbocycles. The van der Waals surface area contributed by atoms with Gasteiger partial charge in [-0.3, -0.25) is 0 Å². The first kappa shape index (κ1) is 11.0. The van der Waals surface area contributed by atoms with Gasteiger partial charge < -0.3 is 9.84 Å². The van der Waals surface area contributed by atoms with Gasteiger partial charge in [0, 0.05) is 17.9 Å². The minimum Gasteiger partial charge on any atom is -0.360 e. The van der Waals surface area contributed by atoms with Crippen LogP contribution in [0, 0.1) is 5.41 Å². The molecular formula is C11H18N2OS. The molecule has 1 fully saturated rings. The van der Waals surface area contributed by atoms with Crippen molar-refractivity contribution in [3.8, 4) is 0 Å². The van der Waals surface area contributed by atoms with Gasteiger partial charge in [0.05, 0.1) is 12.7 Å². The Balaban J connectivity index is 1.80. The molecule has 1 aliphatic heterocycles. The topological polar surface area (TPSA) is 38.1 Å². The van der Waals surface area contributed by atoms with E-state index in [0.29, 0.717) is 11.5 Å². The number of rotatable bonds is 3. The molecule has 84 valence electrons. The van der Waals surface area contributed by atoms with Gasteiger partial charge in [0.25, 0.3) is 0 Å². The highest BCUT2D eigenvalue weighted by Gasteiger charge is 2.28. The number of thioether (sulfide) groups is 1. The fourth-order valence-electron chi connectivity index (χ4n) is 1.97. The quantitative estimate of drug-likeness (QED) is 0.858. The first-order chi connectivity index (χ1) is 7.16. The van der Waals surface area contributed by atoms with Crippen molar-refractivity contribution >= 4 is 11.8 Å². The minimum atomic E-state index is 0.460. The molecule has 3 nitrogen and oxygen atoms in total. The molecule has 1 aromatic rings. The van der Waals surface area contributed by atoms with Crippen molar-refractivity contribution in [3.05, 3.63) is 18.0 Å². The van der Waals surface area contributed by atoms with Crippen LogP contribution >= 0.6 is 11.8 Å². The Labute approximate surface area is 95.0 Å². The molecule has 1 unspecified atom stereocenters. The predicted octanol–water partition coefficient (Wildman–Crippen LogP) is 2.30. The predicted molar refractivity (Wildman–Crippen MR) is 62.9 cm³/mol. The van der Waals surface area contributed by atoms with E-state index in [1.807, 2.05) is 17.8 Å². The lowest BCUT2D eigenvalue weighted by atomic mass is 9.88. The Morgan fingerprint density at radius 1 is 1.67 bits per heavy atom. The molecule has 4 heteroatoms. The van der Waals surface area contributed by atoms with Crippen LogP contribution in [-0.2, 0) is 6.54 Å². The van der Waals surface area contributed by atoms with E-state index >= 15 is 0 Å². The van der Waals surface area contributed by atoms with Crippen molar-refractivity contribution in [1.29, 1.82) is 0 Å². The van der Waals surface area contributed by atoms with Crippen LogP contribution in [0.4, 0.5) is 0 Å². The largest absolute Gasteiger partial charge is 0.360 e. The summed E-state index contributed by atoms with van der Waals surface area (Å²) in [6.07, 6.45) is 2.94. The molecule has 15 heavy (non-hydrogen) atoms. The maximum Gasteiger partial charge on any atom is 0.150 e. The number of nitrogens with zero attached hydrogens (tertiary/aromatic N) is 1. The van der Waals surface area contributed by atoms with Gasteiger partial charge in [-0.15, -0.1) is 0 Å². The molecule has 1 aliphatic rings. The van der Waals surface area contributed by atoms with Crippen LogP contribution in [0.3, 0.4) is 0 Å². The van der Waals surface area contributed by atoms with Gasteiger partial charge >= 0.3 is 0 Å². The summed E-state index contributed by atoms with van der Waals surface area (Å²) in [6.45, 7) is 5.46. The number of nitrogens with one attached hydrogen (secondary N) is 1. The van der Waals surface area contributed by atoms with Crippen LogP contribution in [0.1, 0.15) is 26.0 Å². The second kappa shape index (κ2) is 4.58. The van der Waals surface area contributed by atoms with Crippen LogP contribution in [0.5, 0.6) is 0 Å². The molecule has 2 rings (SSSR count). The summed E-state index contributed by atoms with van der Waals surface area (Å²) in [5.41, 5.74) is 0.460. The normalized spacial score (nSPS) is 25.3. The van der Waals surface area contributed by atoms with Gasteiger partial charge in [0.2, 0.25) is 0 Å². The van der Waals surface area contributed by atoms with Crippen molar-refractivity contribution in [2.24, 2.45) is 5.41 Å². The van der Waals surface area contributed by atoms with Gasteiger partial charge in [0.1, 0.15) is 5.76 Å². The lowest BCUT2D eigenvalue weighted by Crippen LogP contribution is -2.39. The summed E-state index contributed by atoms with van der Waals surface area (Å²) >= 11 is 2.04. The summed E-state index contributed by atoms with van der Waals surface area (Å²) in [4.78, 5) is 0. The number of hydrogen-bond donors (Lipinski definition) is 1. The maximum atomic E-state index is 5.06. The van der Waals surface area contributed by atoms with Gasteiger partial charge in [-0.05, 0) is 17.6 Å². The average Bonchev–Trinajstić information content (AvgIpc) is 2.65. The number of aromatic nitrogens is 1. The smallest absolute Gasteiger partial charge is 0.150 e. The molecule has 1 saturated heterocycles. The molecule has 2 heterocycles. The Kier molecular flexibility index (Phi) is 3.36. The number of hydrogen-bond acceptors (Lipinski definition) is 4. The summed E-state index contributed by atoms with van der Waals surface area (Å²) in [6, 6.07) is 2.51. The van der Waals surface area contributed by atoms with E-state index in [-0.39, 0.29) is 0 Å². The molecule has 0 spiro atoms. The molecule has 1 atom stereocenters. The van der Waals surface area contributed by atoms with Crippen molar-refractivity contribution in [2.75, 3.05) is 11.5 Å². The molecule has 1 aromatic heterocycles. The van der Waals surface area contributed by atoms with Crippen LogP contribution in [0.25, 0.3) is 0 Å². The first-order valence-electron chi connectivity index (χ1n) is 5.36. The van der Waals surface area contributed by atoms with Crippen molar-refractivity contribution in [1.82, 2.24) is 10.5 Å². The fraction of sp³-hybridized carbons (Fsp3) is 0.727. The molecule has 0 aromatic carbocycles. The van der Waals surface area contributed by atoms with E-state index in [1.165, 1.54) is 17.9 Å². The van der Waals surface area contributed by atoms with Gasteiger partial charge in [-0.25, -0.2) is 0 Å². The average molecular weight is 226 g/mol. The highest BCUT2D eigenvalue weighted by Crippen LogP contribution is 2.33. The van der Waals surface area contributed by atoms with Crippen LogP contribution in [-0.4, -0.2) is 22.7 Å². The second-order valence-corrected chi connectivity index (χ2v) is 5.97. The second-order valence-electron chi connectivity index (χ2n) is 4.94. The fourth-order valence-corrected chi connectivity index (χ4v) is 3.28. The highest BCUT2D eigenvalue weighted by molar-refractivity contribution is 7.99. The highest BCUT2D eigenvalue weighted by atomic mass is 32.2. The SMILES string of the molecule is CC1(C)CSCC(NCc2ccno2)C1. The summed E-state index contributed by atoms with van der Waals surface area (Å²) < 4.78 is 5.06. The van der Waals surface area contributed by atoms with Crippen LogP contribution < -0.4 is 5.32 Å². The molecule has 0 bridgehead atoms. The van der Waals surface area contributed by atoms with Crippen molar-refractivity contribution in [2.45, 2.75) is 32.9 Å². The summed E-state index contributed by atoms with van der Waals surface area (Å²) in [5.74, 6) is 3.40. The zero-order valence-electron chi connectivity index (χ0n) is 9.32. The van der Waals surface area contributed by atoms with E-state index in [2.05, 4.69) is 24.3 Å². The Hall–Kier alpha value is -0.480. The summed E-state index contributed by atoms with van der Waals surface area (Å²) in [5, 5.41) is 7.22. The third-order valence-electron chi connectivity index (χ3n) is 2.67. The molecule has 0 saturated carbocycles. The molecule has 1 N–H and O–H groups in total. The molecular weight excluding hydrogens is 208 g/mol. The first-order valence-corrected chi connectivity index (χ1v) is 6.52. The standard InChI is InChI=1S/C11H18N2OS/c1-11(2)5-9(7-15-8-11)12-6-10-3-4-13-14-10/h3-4,9,12H,5-8H2,1-2H3. The van der Waals surface area contributed by atoms with Gasteiger partial charge in [0.15, 0.2) is 0 Å². The molecule has 0 radical (unpaired) electrons. The lowest BCUT2D eigenvalue weighted by molar-refractivity contribution is 0.303. The monoisotopic (exact) mass is 226 g/mol. The van der Waals surface area contributed by atoms with E-state index in [9.17, 15) is 0 Å². The third kappa shape index (κ3) is 3.24. The molecule has 0 amide bonds. The minimum absolute atomic E-state index is 0.460. The maximum absolute atomic E-state index is 5.06. The van der Waals surface area contributed by atoms with Gasteiger partial charge in [-0.2, -0.15) is 11.8 Å². The van der Waals surface area contributed by atoms with E-state index < -0.39 is 0 Å². The van der Waals surface area contributed by atoms with E-state index in [1.54, 1.807) is 6.20 Å². The van der Waals surface area contributed by atoms with E-state index in [4.69, 9.17) is 4.52 Å². The van der Waals surface area contributed by atoms with Crippen LogP contribution in [0.15, 0.2) is 16.8 Å². The third-order valence-corrected chi connectivity index (χ3v) is 4.29. The van der Waals surface area contributed by atoms with Crippen molar-refractivity contribution < 1.29 is 4.52 Å². The van der Waals surface area contributed by atoms with Crippen molar-refractivity contribution in [3.63, 3.8) is 0 Å². The van der Waals surface area contributed by atoms with Crippen LogP contribution in [0.2, 0.25) is 0 Å². The zero-order valence-corrected chi connectivity index (χ0v) is 10.1. The Morgan fingerprint density at radius 2 is 2.53 bits per heavy atom. The van der Waals surface area contributed by atoms with E-state index in [0.717, 1.165) is 12.3 Å².